The first-order valence-corrected chi connectivity index (χ1v) is 4.38. The van der Waals surface area contributed by atoms with Crippen LogP contribution in [0.2, 0.25) is 0 Å². The monoisotopic (exact) mass is 290 g/mol. The van der Waals surface area contributed by atoms with Gasteiger partial charge < -0.3 is 0 Å². The van der Waals surface area contributed by atoms with Crippen LogP contribution < -0.4 is 0 Å². The Morgan fingerprint density at radius 2 is 1.36 bits per heavy atom. The van der Waals surface area contributed by atoms with Gasteiger partial charge in [-0.25, -0.2) is 4.39 Å². The Labute approximate surface area is 97.1 Å². The van der Waals surface area contributed by atoms with Crippen molar-refractivity contribution >= 4 is 46.4 Å². The molecule has 0 aliphatic heterocycles. The highest BCUT2D eigenvalue weighted by Gasteiger charge is 2.43. The minimum absolute atomic E-state index is 1.28. The summed E-state index contributed by atoms with van der Waals surface area (Å²) in [6.07, 6.45) is -4.94. The maximum atomic E-state index is 12.5. The summed E-state index contributed by atoms with van der Waals surface area (Å²) in [6, 6.07) is 0. The fraction of sp³-hybridized carbons (Fsp3) is 0.333. The SMILES string of the molecule is C=C(F)C(Cl)(Cl)C(Cl)=C(Cl)C(F)(F)F. The maximum absolute atomic E-state index is 12.5. The average Bonchev–Trinajstić information content (AvgIpc) is 1.99. The zero-order valence-corrected chi connectivity index (χ0v) is 9.25. The second-order valence-electron chi connectivity index (χ2n) is 2.11. The molecule has 8 heteroatoms. The van der Waals surface area contributed by atoms with Gasteiger partial charge in [0, 0.05) is 0 Å². The topological polar surface area (TPSA) is 0 Å². The summed E-state index contributed by atoms with van der Waals surface area (Å²) in [5.74, 6) is -1.45. The van der Waals surface area contributed by atoms with Crippen LogP contribution in [0.4, 0.5) is 17.6 Å². The van der Waals surface area contributed by atoms with Crippen molar-refractivity contribution in [3.8, 4) is 0 Å². The molecule has 0 N–H and O–H groups in total. The Kier molecular flexibility index (Phi) is 4.59. The summed E-state index contributed by atoms with van der Waals surface area (Å²) in [4.78, 5) is 0. The lowest BCUT2D eigenvalue weighted by atomic mass is 10.3. The van der Waals surface area contributed by atoms with E-state index in [0.717, 1.165) is 0 Å². The summed E-state index contributed by atoms with van der Waals surface area (Å²) in [7, 11) is 0. The van der Waals surface area contributed by atoms with Crippen molar-refractivity contribution in [1.82, 2.24) is 0 Å². The third kappa shape index (κ3) is 3.19. The van der Waals surface area contributed by atoms with Gasteiger partial charge in [-0.3, -0.25) is 0 Å². The molecule has 0 saturated carbocycles. The summed E-state index contributed by atoms with van der Waals surface area (Å²) in [5.41, 5.74) is 0. The minimum Gasteiger partial charge on any atom is -0.209 e. The number of alkyl halides is 5. The van der Waals surface area contributed by atoms with Crippen LogP contribution in [0.15, 0.2) is 22.5 Å². The van der Waals surface area contributed by atoms with Crippen molar-refractivity contribution < 1.29 is 17.6 Å². The lowest BCUT2D eigenvalue weighted by Crippen LogP contribution is -2.19. The van der Waals surface area contributed by atoms with E-state index in [1.165, 1.54) is 0 Å². The summed E-state index contributed by atoms with van der Waals surface area (Å²) >= 11 is 20.1. The van der Waals surface area contributed by atoms with Gasteiger partial charge in [-0.1, -0.05) is 53.0 Å². The first kappa shape index (κ1) is 14.4. The molecule has 0 bridgehead atoms. The Bertz CT molecular complexity index is 278. The summed E-state index contributed by atoms with van der Waals surface area (Å²) < 4.78 is 45.6. The van der Waals surface area contributed by atoms with E-state index in [1.807, 2.05) is 0 Å². The van der Waals surface area contributed by atoms with Gasteiger partial charge in [0.1, 0.15) is 10.9 Å². The van der Waals surface area contributed by atoms with E-state index in [0.29, 0.717) is 0 Å². The molecule has 0 heterocycles. The van der Waals surface area contributed by atoms with Crippen LogP contribution in [-0.2, 0) is 0 Å². The zero-order valence-electron chi connectivity index (χ0n) is 6.23. The fourth-order valence-electron chi connectivity index (χ4n) is 0.381. The molecule has 0 aliphatic rings. The Balaban J connectivity index is 5.31. The smallest absolute Gasteiger partial charge is 0.209 e. The second kappa shape index (κ2) is 4.47. The lowest BCUT2D eigenvalue weighted by Gasteiger charge is -2.18. The number of allylic oxidation sites excluding steroid dienone is 3. The molecule has 0 radical (unpaired) electrons. The highest BCUT2D eigenvalue weighted by atomic mass is 35.5. The predicted octanol–water partition coefficient (Wildman–Crippen LogP) is 4.90. The van der Waals surface area contributed by atoms with Crippen molar-refractivity contribution in [2.24, 2.45) is 0 Å². The van der Waals surface area contributed by atoms with Gasteiger partial charge >= 0.3 is 6.18 Å². The molecule has 0 aromatic rings. The van der Waals surface area contributed by atoms with E-state index < -0.39 is 26.4 Å². The second-order valence-corrected chi connectivity index (χ2v) is 4.19. The number of hydrogen-bond donors (Lipinski definition) is 0. The molecule has 0 aromatic carbocycles. The van der Waals surface area contributed by atoms with E-state index in [9.17, 15) is 17.6 Å². The van der Waals surface area contributed by atoms with Crippen LogP contribution in [-0.4, -0.2) is 10.5 Å². The van der Waals surface area contributed by atoms with Gasteiger partial charge in [0.05, 0.1) is 5.03 Å². The van der Waals surface area contributed by atoms with Crippen molar-refractivity contribution in [2.75, 3.05) is 0 Å². The highest BCUT2D eigenvalue weighted by Crippen LogP contribution is 2.45. The molecule has 0 rings (SSSR count). The summed E-state index contributed by atoms with van der Waals surface area (Å²) in [6.45, 7) is 2.64. The van der Waals surface area contributed by atoms with Gasteiger partial charge in [-0.15, -0.1) is 0 Å². The number of halogens is 8. The molecule has 0 aliphatic carbocycles. The molecule has 0 fully saturated rings. The molecule has 0 aromatic heterocycles. The first-order chi connectivity index (χ1) is 6.01. The molecule has 0 nitrogen and oxygen atoms in total. The quantitative estimate of drug-likeness (QED) is 0.502. The van der Waals surface area contributed by atoms with E-state index in [4.69, 9.17) is 46.4 Å². The largest absolute Gasteiger partial charge is 0.428 e. The van der Waals surface area contributed by atoms with Crippen molar-refractivity contribution in [2.45, 2.75) is 10.5 Å². The van der Waals surface area contributed by atoms with Gasteiger partial charge in [0.2, 0.25) is 4.33 Å². The van der Waals surface area contributed by atoms with Crippen LogP contribution in [0.5, 0.6) is 0 Å². The average molecular weight is 292 g/mol. The Morgan fingerprint density at radius 3 is 1.57 bits per heavy atom. The van der Waals surface area contributed by atoms with Crippen LogP contribution >= 0.6 is 46.4 Å². The normalized spacial score (nSPS) is 15.1. The van der Waals surface area contributed by atoms with E-state index in [-0.39, 0.29) is 0 Å². The Morgan fingerprint density at radius 1 is 1.00 bits per heavy atom. The van der Waals surface area contributed by atoms with Crippen LogP contribution in [0, 0.1) is 0 Å². The first-order valence-electron chi connectivity index (χ1n) is 2.87. The van der Waals surface area contributed by atoms with Crippen LogP contribution in [0.25, 0.3) is 0 Å². The molecule has 0 spiro atoms. The number of hydrogen-bond acceptors (Lipinski definition) is 0. The maximum Gasteiger partial charge on any atom is 0.428 e. The molecule has 0 saturated heterocycles. The molecule has 0 amide bonds. The molecule has 0 unspecified atom stereocenters. The van der Waals surface area contributed by atoms with Gasteiger partial charge in [-0.05, 0) is 0 Å². The van der Waals surface area contributed by atoms with E-state index in [1.54, 1.807) is 0 Å². The van der Waals surface area contributed by atoms with Crippen LogP contribution in [0.1, 0.15) is 0 Å². The van der Waals surface area contributed by atoms with Gasteiger partial charge in [0.25, 0.3) is 0 Å². The van der Waals surface area contributed by atoms with Crippen molar-refractivity contribution in [3.63, 3.8) is 0 Å². The number of rotatable bonds is 2. The predicted molar refractivity (Wildman–Crippen MR) is 49.5 cm³/mol. The van der Waals surface area contributed by atoms with Crippen molar-refractivity contribution in [1.29, 1.82) is 0 Å². The molecule has 82 valence electrons. The lowest BCUT2D eigenvalue weighted by molar-refractivity contribution is -0.0850. The van der Waals surface area contributed by atoms with Crippen LogP contribution in [0.3, 0.4) is 0 Å². The van der Waals surface area contributed by atoms with Crippen molar-refractivity contribution in [3.05, 3.63) is 22.5 Å². The third-order valence-corrected chi connectivity index (χ3v) is 3.01. The minimum atomic E-state index is -4.94. The standard InChI is InChI=1S/C6H2Cl4F4/c1-2(11)5(9,10)3(7)4(8)6(12,13)14/h1H2. The Hall–Kier alpha value is 0.360. The summed E-state index contributed by atoms with van der Waals surface area (Å²) in [5, 5.41) is -3.06. The highest BCUT2D eigenvalue weighted by molar-refractivity contribution is 6.59. The molecule has 14 heavy (non-hydrogen) atoms. The van der Waals surface area contributed by atoms with E-state index >= 15 is 0 Å². The molecule has 0 atom stereocenters. The van der Waals surface area contributed by atoms with Gasteiger partial charge in [-0.2, -0.15) is 13.2 Å². The molecular weight excluding hydrogens is 290 g/mol. The van der Waals surface area contributed by atoms with E-state index in [2.05, 4.69) is 6.58 Å². The fourth-order valence-corrected chi connectivity index (χ4v) is 1.02. The zero-order chi connectivity index (χ0) is 11.7. The third-order valence-electron chi connectivity index (χ3n) is 1.06. The van der Waals surface area contributed by atoms with Gasteiger partial charge in [0.15, 0.2) is 0 Å². The molecular formula is C6H2Cl4F4.